The summed E-state index contributed by atoms with van der Waals surface area (Å²) in [6.45, 7) is 2.43. The lowest BCUT2D eigenvalue weighted by Crippen LogP contribution is -2.29. The number of amides is 1. The SMILES string of the molecule is CCOc1ccc2nc(N3C(=O)C(=O)/C(=C(/O)c4ccccc4)C3c3cccc(Oc4ccccc4)c3)sc2c1. The molecule has 1 fully saturated rings. The number of carbonyl (C=O) groups is 2. The molecule has 0 saturated carbocycles. The molecule has 0 radical (unpaired) electrons. The van der Waals surface area contributed by atoms with Crippen LogP contribution in [0.15, 0.2) is 109 Å². The monoisotopic (exact) mass is 548 g/mol. The Hall–Kier alpha value is -4.95. The number of aromatic nitrogens is 1. The maximum atomic E-state index is 13.6. The normalized spacial score (nSPS) is 16.4. The molecule has 1 aliphatic heterocycles. The van der Waals surface area contributed by atoms with Gasteiger partial charge in [-0.1, -0.05) is 72.0 Å². The summed E-state index contributed by atoms with van der Waals surface area (Å²) in [6.07, 6.45) is 0. The molecule has 6 rings (SSSR count). The minimum absolute atomic E-state index is 0.0117. The van der Waals surface area contributed by atoms with E-state index in [0.717, 1.165) is 4.70 Å². The second-order valence-corrected chi connectivity index (χ2v) is 10.1. The van der Waals surface area contributed by atoms with E-state index >= 15 is 0 Å². The van der Waals surface area contributed by atoms with Crippen LogP contribution in [0.4, 0.5) is 5.13 Å². The molecule has 1 amide bonds. The van der Waals surface area contributed by atoms with E-state index in [1.54, 1.807) is 48.5 Å². The molecule has 1 aliphatic rings. The maximum absolute atomic E-state index is 13.6. The third kappa shape index (κ3) is 4.69. The van der Waals surface area contributed by atoms with Crippen molar-refractivity contribution in [1.82, 2.24) is 4.98 Å². The van der Waals surface area contributed by atoms with Gasteiger partial charge in [-0.25, -0.2) is 4.98 Å². The molecule has 2 heterocycles. The average Bonchev–Trinajstić information content (AvgIpc) is 3.51. The lowest BCUT2D eigenvalue weighted by atomic mass is 9.95. The Morgan fingerprint density at radius 1 is 0.875 bits per heavy atom. The van der Waals surface area contributed by atoms with Crippen LogP contribution in [0.2, 0.25) is 0 Å². The van der Waals surface area contributed by atoms with Gasteiger partial charge in [0.15, 0.2) is 5.13 Å². The molecule has 40 heavy (non-hydrogen) atoms. The number of carbonyl (C=O) groups excluding carboxylic acids is 2. The fourth-order valence-corrected chi connectivity index (χ4v) is 5.74. The van der Waals surface area contributed by atoms with Crippen molar-refractivity contribution in [2.24, 2.45) is 0 Å². The summed E-state index contributed by atoms with van der Waals surface area (Å²) in [5.41, 5.74) is 1.70. The second kappa shape index (κ2) is 10.7. The highest BCUT2D eigenvalue weighted by Crippen LogP contribution is 2.45. The first-order valence-electron chi connectivity index (χ1n) is 12.8. The van der Waals surface area contributed by atoms with Gasteiger partial charge in [0, 0.05) is 5.56 Å². The van der Waals surface area contributed by atoms with Crippen molar-refractivity contribution in [2.75, 3.05) is 11.5 Å². The molecule has 0 bridgehead atoms. The number of fused-ring (bicyclic) bond motifs is 1. The van der Waals surface area contributed by atoms with Gasteiger partial charge < -0.3 is 14.6 Å². The summed E-state index contributed by atoms with van der Waals surface area (Å²) >= 11 is 1.28. The molecule has 1 aromatic heterocycles. The number of benzene rings is 4. The van der Waals surface area contributed by atoms with E-state index in [-0.39, 0.29) is 11.3 Å². The third-order valence-corrected chi connectivity index (χ3v) is 7.53. The Labute approximate surface area is 234 Å². The average molecular weight is 549 g/mol. The Morgan fingerprint density at radius 2 is 1.60 bits per heavy atom. The number of aliphatic hydroxyl groups is 1. The number of hydrogen-bond acceptors (Lipinski definition) is 7. The predicted molar refractivity (Wildman–Crippen MR) is 155 cm³/mol. The zero-order chi connectivity index (χ0) is 27.6. The summed E-state index contributed by atoms with van der Waals surface area (Å²) in [7, 11) is 0. The minimum Gasteiger partial charge on any atom is -0.507 e. The van der Waals surface area contributed by atoms with Crippen molar-refractivity contribution >= 4 is 44.1 Å². The second-order valence-electron chi connectivity index (χ2n) is 9.08. The molecule has 1 atom stereocenters. The number of hydrogen-bond donors (Lipinski definition) is 1. The van der Waals surface area contributed by atoms with Crippen LogP contribution in [0.25, 0.3) is 16.0 Å². The van der Waals surface area contributed by atoms with Crippen molar-refractivity contribution in [1.29, 1.82) is 0 Å². The Morgan fingerprint density at radius 3 is 2.35 bits per heavy atom. The Bertz CT molecular complexity index is 1750. The Kier molecular flexibility index (Phi) is 6.76. The van der Waals surface area contributed by atoms with Crippen LogP contribution in [0.5, 0.6) is 17.2 Å². The van der Waals surface area contributed by atoms with Gasteiger partial charge in [-0.2, -0.15) is 0 Å². The molecule has 1 N–H and O–H groups in total. The first-order chi connectivity index (χ1) is 19.5. The number of aliphatic hydroxyl groups excluding tert-OH is 1. The summed E-state index contributed by atoms with van der Waals surface area (Å²) < 4.78 is 12.5. The van der Waals surface area contributed by atoms with Crippen LogP contribution in [0.1, 0.15) is 24.1 Å². The number of rotatable bonds is 7. The van der Waals surface area contributed by atoms with E-state index < -0.39 is 17.7 Å². The maximum Gasteiger partial charge on any atom is 0.301 e. The molecule has 0 spiro atoms. The molecule has 1 saturated heterocycles. The van der Waals surface area contributed by atoms with Crippen LogP contribution in [0, 0.1) is 0 Å². The van der Waals surface area contributed by atoms with Gasteiger partial charge in [0.2, 0.25) is 0 Å². The highest BCUT2D eigenvalue weighted by atomic mass is 32.1. The van der Waals surface area contributed by atoms with E-state index in [2.05, 4.69) is 0 Å². The highest BCUT2D eigenvalue weighted by Gasteiger charge is 2.48. The van der Waals surface area contributed by atoms with E-state index in [1.807, 2.05) is 61.5 Å². The third-order valence-electron chi connectivity index (χ3n) is 6.51. The smallest absolute Gasteiger partial charge is 0.301 e. The fraction of sp³-hybridized carbons (Fsp3) is 0.0938. The van der Waals surface area contributed by atoms with Gasteiger partial charge in [0.1, 0.15) is 23.0 Å². The lowest BCUT2D eigenvalue weighted by molar-refractivity contribution is -0.132. The fourth-order valence-electron chi connectivity index (χ4n) is 4.72. The molecule has 4 aromatic carbocycles. The largest absolute Gasteiger partial charge is 0.507 e. The zero-order valence-corrected chi connectivity index (χ0v) is 22.3. The summed E-state index contributed by atoms with van der Waals surface area (Å²) in [5.74, 6) is 0.0732. The number of ether oxygens (including phenoxy) is 2. The van der Waals surface area contributed by atoms with E-state index in [1.165, 1.54) is 16.2 Å². The van der Waals surface area contributed by atoms with Crippen molar-refractivity contribution in [3.63, 3.8) is 0 Å². The molecule has 5 aromatic rings. The zero-order valence-electron chi connectivity index (χ0n) is 21.5. The number of anilines is 1. The molecule has 8 heteroatoms. The summed E-state index contributed by atoms with van der Waals surface area (Å²) in [4.78, 5) is 33.2. The van der Waals surface area contributed by atoms with Gasteiger partial charge in [-0.3, -0.25) is 14.5 Å². The van der Waals surface area contributed by atoms with Gasteiger partial charge >= 0.3 is 5.91 Å². The molecule has 0 aliphatic carbocycles. The molecular formula is C32H24N2O5S. The Balaban J connectivity index is 1.50. The highest BCUT2D eigenvalue weighted by molar-refractivity contribution is 7.22. The molecule has 1 unspecified atom stereocenters. The first kappa shape index (κ1) is 25.3. The van der Waals surface area contributed by atoms with Gasteiger partial charge in [0.05, 0.1) is 28.4 Å². The quantitative estimate of drug-likeness (QED) is 0.132. The van der Waals surface area contributed by atoms with Gasteiger partial charge in [-0.15, -0.1) is 0 Å². The van der Waals surface area contributed by atoms with Crippen LogP contribution in [-0.2, 0) is 9.59 Å². The van der Waals surface area contributed by atoms with Crippen LogP contribution >= 0.6 is 11.3 Å². The first-order valence-corrected chi connectivity index (χ1v) is 13.6. The van der Waals surface area contributed by atoms with Crippen LogP contribution in [-0.4, -0.2) is 28.4 Å². The number of ketones is 1. The topological polar surface area (TPSA) is 89.0 Å². The van der Waals surface area contributed by atoms with Crippen molar-refractivity contribution in [2.45, 2.75) is 13.0 Å². The standard InChI is InChI=1S/C32H24N2O5S/c1-2-38-23-16-17-25-26(19-23)40-32(33-25)34-28(21-12-9-15-24(18-21)39-22-13-7-4-8-14-22)27(30(36)31(34)37)29(35)20-10-5-3-6-11-20/h3-19,28,35H,2H2,1H3/b29-27+. The number of Topliss-reactive ketones (excluding diaryl/α,β-unsaturated/α-hetero) is 1. The van der Waals surface area contributed by atoms with Crippen molar-refractivity contribution in [3.8, 4) is 17.2 Å². The van der Waals surface area contributed by atoms with Gasteiger partial charge in [-0.05, 0) is 55.0 Å². The molecular weight excluding hydrogens is 524 g/mol. The van der Waals surface area contributed by atoms with Crippen molar-refractivity contribution in [3.05, 3.63) is 120 Å². The predicted octanol–water partition coefficient (Wildman–Crippen LogP) is 7.11. The van der Waals surface area contributed by atoms with Gasteiger partial charge in [0.25, 0.3) is 5.78 Å². The summed E-state index contributed by atoms with van der Waals surface area (Å²) in [5, 5.41) is 11.7. The number of para-hydroxylation sites is 1. The summed E-state index contributed by atoms with van der Waals surface area (Å²) in [6, 6.07) is 29.8. The van der Waals surface area contributed by atoms with E-state index in [4.69, 9.17) is 14.5 Å². The van der Waals surface area contributed by atoms with Crippen LogP contribution < -0.4 is 14.4 Å². The molecule has 7 nitrogen and oxygen atoms in total. The number of nitrogens with zero attached hydrogens (tertiary/aromatic N) is 2. The van der Waals surface area contributed by atoms with Crippen LogP contribution in [0.3, 0.4) is 0 Å². The lowest BCUT2D eigenvalue weighted by Gasteiger charge is -2.23. The van der Waals surface area contributed by atoms with Crippen molar-refractivity contribution < 1.29 is 24.2 Å². The number of thiazole rings is 1. The minimum atomic E-state index is -0.925. The van der Waals surface area contributed by atoms with E-state index in [9.17, 15) is 14.7 Å². The molecule has 198 valence electrons. The van der Waals surface area contributed by atoms with E-state index in [0.29, 0.717) is 45.6 Å².